The number of hydrogen-bond donors (Lipinski definition) is 2. The Bertz CT molecular complexity index is 1180. The van der Waals surface area contributed by atoms with Gasteiger partial charge in [-0.15, -0.1) is 0 Å². The fourth-order valence-corrected chi connectivity index (χ4v) is 5.12. The van der Waals surface area contributed by atoms with Crippen LogP contribution in [0.4, 0.5) is 5.69 Å². The predicted octanol–water partition coefficient (Wildman–Crippen LogP) is 4.22. The number of aryl methyl sites for hydroxylation is 1. The van der Waals surface area contributed by atoms with E-state index in [0.29, 0.717) is 6.54 Å². The van der Waals surface area contributed by atoms with Gasteiger partial charge >= 0.3 is 0 Å². The van der Waals surface area contributed by atoms with Crippen LogP contribution in [-0.2, 0) is 21.2 Å². The van der Waals surface area contributed by atoms with Crippen molar-refractivity contribution in [3.05, 3.63) is 82.9 Å². The number of anilines is 1. The smallest absolute Gasteiger partial charge is 0.239 e. The van der Waals surface area contributed by atoms with Crippen LogP contribution in [0.3, 0.4) is 0 Å². The minimum atomic E-state index is -3.95. The zero-order valence-corrected chi connectivity index (χ0v) is 18.8. The highest BCUT2D eigenvalue weighted by Gasteiger charge is 2.27. The molecular formula is C23H23ClN2O4S. The van der Waals surface area contributed by atoms with Crippen LogP contribution in [0, 0.1) is 6.92 Å². The second-order valence-electron chi connectivity index (χ2n) is 6.83. The average molecular weight is 459 g/mol. The molecule has 2 N–H and O–H groups in total. The number of hydrogen-bond acceptors (Lipinski definition) is 5. The molecule has 0 saturated heterocycles. The molecule has 0 unspecified atom stereocenters. The molecule has 0 atom stereocenters. The Hall–Kier alpha value is -3.03. The summed E-state index contributed by atoms with van der Waals surface area (Å²) in [5.74, 6) is -0.0519. The molecule has 0 bridgehead atoms. The number of benzene rings is 3. The highest BCUT2D eigenvalue weighted by molar-refractivity contribution is 7.91. The summed E-state index contributed by atoms with van der Waals surface area (Å²) in [6.07, 6.45) is 0. The Kier molecular flexibility index (Phi) is 7.20. The van der Waals surface area contributed by atoms with Crippen LogP contribution in [0.15, 0.2) is 76.5 Å². The Morgan fingerprint density at radius 1 is 1.00 bits per heavy atom. The molecule has 0 saturated carbocycles. The van der Waals surface area contributed by atoms with Gasteiger partial charge < -0.3 is 15.4 Å². The van der Waals surface area contributed by atoms with E-state index in [1.807, 2.05) is 31.2 Å². The molecule has 162 valence electrons. The molecule has 0 aliphatic rings. The summed E-state index contributed by atoms with van der Waals surface area (Å²) in [6.45, 7) is 2.23. The molecule has 1 amide bonds. The average Bonchev–Trinajstić information content (AvgIpc) is 2.77. The molecule has 0 heterocycles. The highest BCUT2D eigenvalue weighted by atomic mass is 35.5. The van der Waals surface area contributed by atoms with Gasteiger partial charge in [0.2, 0.25) is 15.7 Å². The summed E-state index contributed by atoms with van der Waals surface area (Å²) in [7, 11) is -2.54. The Morgan fingerprint density at radius 2 is 1.68 bits per heavy atom. The van der Waals surface area contributed by atoms with Crippen LogP contribution < -0.4 is 15.4 Å². The molecule has 31 heavy (non-hydrogen) atoms. The normalized spacial score (nSPS) is 11.1. The van der Waals surface area contributed by atoms with E-state index in [0.717, 1.165) is 11.1 Å². The molecule has 0 aliphatic carbocycles. The number of amides is 1. The predicted molar refractivity (Wildman–Crippen MR) is 121 cm³/mol. The third kappa shape index (κ3) is 5.18. The third-order valence-electron chi connectivity index (χ3n) is 4.78. The molecule has 6 nitrogen and oxygen atoms in total. The standard InChI is InChI=1S/C23H23ClN2O4S/c1-16-8-6-7-9-17(16)14-26-21(27)15-25-19-12-13-20(30-2)22(24)23(19)31(28,29)18-10-4-3-5-11-18/h3-13,25H,14-15H2,1-2H3,(H,26,27). The van der Waals surface area contributed by atoms with Gasteiger partial charge in [-0.2, -0.15) is 0 Å². The lowest BCUT2D eigenvalue weighted by molar-refractivity contribution is -0.119. The zero-order chi connectivity index (χ0) is 22.4. The van der Waals surface area contributed by atoms with Crippen LogP contribution in [0.5, 0.6) is 5.75 Å². The number of ether oxygens (including phenoxy) is 1. The number of sulfone groups is 1. The molecule has 3 aromatic carbocycles. The van der Waals surface area contributed by atoms with Gasteiger partial charge in [-0.1, -0.05) is 54.1 Å². The van der Waals surface area contributed by atoms with Crippen LogP contribution >= 0.6 is 11.6 Å². The Morgan fingerprint density at radius 3 is 2.35 bits per heavy atom. The largest absolute Gasteiger partial charge is 0.495 e. The van der Waals surface area contributed by atoms with Crippen molar-refractivity contribution in [3.8, 4) is 5.75 Å². The van der Waals surface area contributed by atoms with Crippen LogP contribution in [-0.4, -0.2) is 28.0 Å². The molecule has 0 radical (unpaired) electrons. The summed E-state index contributed by atoms with van der Waals surface area (Å²) >= 11 is 6.38. The first kappa shape index (κ1) is 22.7. The maximum absolute atomic E-state index is 13.3. The Balaban J connectivity index is 1.82. The van der Waals surface area contributed by atoms with Gasteiger partial charge in [-0.3, -0.25) is 4.79 Å². The zero-order valence-electron chi connectivity index (χ0n) is 17.2. The van der Waals surface area contributed by atoms with Crippen molar-refractivity contribution in [1.29, 1.82) is 0 Å². The lowest BCUT2D eigenvalue weighted by atomic mass is 10.1. The van der Waals surface area contributed by atoms with Gasteiger partial charge in [0.25, 0.3) is 0 Å². The third-order valence-corrected chi connectivity index (χ3v) is 7.12. The van der Waals surface area contributed by atoms with Crippen molar-refractivity contribution >= 4 is 33.0 Å². The summed E-state index contributed by atoms with van der Waals surface area (Å²) < 4.78 is 31.7. The Labute approximate surface area is 187 Å². The summed E-state index contributed by atoms with van der Waals surface area (Å²) in [4.78, 5) is 12.3. The summed E-state index contributed by atoms with van der Waals surface area (Å²) in [5, 5.41) is 5.68. The highest BCUT2D eigenvalue weighted by Crippen LogP contribution is 2.39. The first-order valence-electron chi connectivity index (χ1n) is 9.56. The van der Waals surface area contributed by atoms with Crippen molar-refractivity contribution in [2.45, 2.75) is 23.3 Å². The number of nitrogens with one attached hydrogen (secondary N) is 2. The minimum absolute atomic E-state index is 0.0447. The lowest BCUT2D eigenvalue weighted by Gasteiger charge is -2.16. The molecular weight excluding hydrogens is 436 g/mol. The number of methoxy groups -OCH3 is 1. The molecule has 0 aliphatic heterocycles. The molecule has 0 aromatic heterocycles. The van der Waals surface area contributed by atoms with E-state index in [4.69, 9.17) is 16.3 Å². The van der Waals surface area contributed by atoms with E-state index in [-0.39, 0.29) is 38.7 Å². The van der Waals surface area contributed by atoms with E-state index in [1.165, 1.54) is 25.3 Å². The number of rotatable bonds is 8. The van der Waals surface area contributed by atoms with Gasteiger partial charge in [0.05, 0.1) is 24.2 Å². The molecule has 0 fully saturated rings. The SMILES string of the molecule is COc1ccc(NCC(=O)NCc2ccccc2C)c(S(=O)(=O)c2ccccc2)c1Cl. The second-order valence-corrected chi connectivity index (χ2v) is 9.10. The van der Waals surface area contributed by atoms with Crippen molar-refractivity contribution in [1.82, 2.24) is 5.32 Å². The number of carbonyl (C=O) groups is 1. The maximum atomic E-state index is 13.3. The first-order chi connectivity index (χ1) is 14.8. The molecule has 0 spiro atoms. The van der Waals surface area contributed by atoms with Crippen molar-refractivity contribution in [3.63, 3.8) is 0 Å². The second kappa shape index (κ2) is 9.85. The maximum Gasteiger partial charge on any atom is 0.239 e. The fourth-order valence-electron chi connectivity index (χ4n) is 3.06. The molecule has 3 rings (SSSR count). The first-order valence-corrected chi connectivity index (χ1v) is 11.4. The van der Waals surface area contributed by atoms with Gasteiger partial charge in [0.1, 0.15) is 15.7 Å². The van der Waals surface area contributed by atoms with Gasteiger partial charge in [0.15, 0.2) is 0 Å². The topological polar surface area (TPSA) is 84.5 Å². The van der Waals surface area contributed by atoms with Gasteiger partial charge in [0, 0.05) is 6.54 Å². The molecule has 3 aromatic rings. The van der Waals surface area contributed by atoms with E-state index >= 15 is 0 Å². The number of halogens is 1. The fraction of sp³-hybridized carbons (Fsp3) is 0.174. The number of carbonyl (C=O) groups excluding carboxylic acids is 1. The lowest BCUT2D eigenvalue weighted by Crippen LogP contribution is -2.30. The van der Waals surface area contributed by atoms with Crippen molar-refractivity contribution < 1.29 is 17.9 Å². The minimum Gasteiger partial charge on any atom is -0.495 e. The summed E-state index contributed by atoms with van der Waals surface area (Å²) in [6, 6.07) is 18.8. The van der Waals surface area contributed by atoms with Crippen molar-refractivity contribution in [2.24, 2.45) is 0 Å². The summed E-state index contributed by atoms with van der Waals surface area (Å²) in [5.41, 5.74) is 2.31. The quantitative estimate of drug-likeness (QED) is 0.528. The monoisotopic (exact) mass is 458 g/mol. The van der Waals surface area contributed by atoms with E-state index < -0.39 is 9.84 Å². The van der Waals surface area contributed by atoms with Gasteiger partial charge in [-0.05, 0) is 42.3 Å². The van der Waals surface area contributed by atoms with E-state index in [9.17, 15) is 13.2 Å². The van der Waals surface area contributed by atoms with Gasteiger partial charge in [-0.25, -0.2) is 8.42 Å². The van der Waals surface area contributed by atoms with Crippen LogP contribution in [0.1, 0.15) is 11.1 Å². The van der Waals surface area contributed by atoms with Crippen LogP contribution in [0.25, 0.3) is 0 Å². The van der Waals surface area contributed by atoms with Crippen molar-refractivity contribution in [2.75, 3.05) is 19.0 Å². The van der Waals surface area contributed by atoms with E-state index in [1.54, 1.807) is 24.3 Å². The molecule has 8 heteroatoms. The van der Waals surface area contributed by atoms with Crippen LogP contribution in [0.2, 0.25) is 5.02 Å². The van der Waals surface area contributed by atoms with E-state index in [2.05, 4.69) is 10.6 Å².